The Labute approximate surface area is 155 Å². The van der Waals surface area contributed by atoms with Gasteiger partial charge >= 0.3 is 0 Å². The molecule has 3 rings (SSSR count). The first-order valence-corrected chi connectivity index (χ1v) is 9.70. The average molecular weight is 356 g/mol. The summed E-state index contributed by atoms with van der Waals surface area (Å²) in [6.45, 7) is 9.31. The Balaban J connectivity index is 1.86. The fourth-order valence-corrected chi connectivity index (χ4v) is 3.88. The van der Waals surface area contributed by atoms with E-state index in [4.69, 9.17) is 9.41 Å². The first-order chi connectivity index (χ1) is 12.5. The van der Waals surface area contributed by atoms with Crippen LogP contribution in [0.4, 0.5) is 0 Å². The van der Waals surface area contributed by atoms with Gasteiger partial charge in [0.25, 0.3) is 5.91 Å². The predicted octanol–water partition coefficient (Wildman–Crippen LogP) is 1.98. The van der Waals surface area contributed by atoms with Crippen LogP contribution < -0.4 is 4.99 Å². The highest BCUT2D eigenvalue weighted by Crippen LogP contribution is 2.26. The van der Waals surface area contributed by atoms with Crippen molar-refractivity contribution in [1.82, 2.24) is 4.90 Å². The monoisotopic (exact) mass is 356 g/mol. The molecule has 1 aromatic heterocycles. The molecule has 0 radical (unpaired) electrons. The van der Waals surface area contributed by atoms with Gasteiger partial charge in [-0.15, -0.1) is 0 Å². The van der Waals surface area contributed by atoms with Crippen LogP contribution in [0, 0.1) is 11.8 Å². The number of fused-ring (bicyclic) bond motifs is 1. The molecule has 5 nitrogen and oxygen atoms in total. The van der Waals surface area contributed by atoms with Gasteiger partial charge in [0.15, 0.2) is 18.1 Å². The summed E-state index contributed by atoms with van der Waals surface area (Å²) >= 11 is 0. The van der Waals surface area contributed by atoms with Crippen LogP contribution in [-0.4, -0.2) is 41.0 Å². The minimum Gasteiger partial charge on any atom is -0.469 e. The number of carbonyl (C=O) groups is 1. The molecule has 4 atom stereocenters. The van der Waals surface area contributed by atoms with Gasteiger partial charge in [0.2, 0.25) is 0 Å². The average Bonchev–Trinajstić information content (AvgIpc) is 3.24. The van der Waals surface area contributed by atoms with Crippen molar-refractivity contribution in [2.24, 2.45) is 16.8 Å². The van der Waals surface area contributed by atoms with Crippen molar-refractivity contribution in [2.75, 3.05) is 6.54 Å². The molecule has 0 spiro atoms. The van der Waals surface area contributed by atoms with E-state index in [2.05, 4.69) is 37.9 Å². The first kappa shape index (κ1) is 18.6. The van der Waals surface area contributed by atoms with E-state index in [1.807, 2.05) is 24.0 Å². The van der Waals surface area contributed by atoms with E-state index in [9.17, 15) is 4.79 Å². The summed E-state index contributed by atoms with van der Waals surface area (Å²) in [4.78, 5) is 23.4. The molecule has 140 valence electrons. The van der Waals surface area contributed by atoms with E-state index in [1.165, 1.54) is 5.71 Å². The van der Waals surface area contributed by atoms with Crippen molar-refractivity contribution in [1.29, 1.82) is 0 Å². The highest BCUT2D eigenvalue weighted by molar-refractivity contribution is 6.11. The Morgan fingerprint density at radius 2 is 2.27 bits per heavy atom. The third kappa shape index (κ3) is 3.67. The zero-order chi connectivity index (χ0) is 18.7. The molecule has 4 unspecified atom stereocenters. The minimum atomic E-state index is -0.367. The van der Waals surface area contributed by atoms with E-state index in [1.54, 1.807) is 6.26 Å². The number of furan rings is 1. The van der Waals surface area contributed by atoms with Crippen LogP contribution in [0.2, 0.25) is 0 Å². The van der Waals surface area contributed by atoms with Gasteiger partial charge in [-0.2, -0.15) is 0 Å². The van der Waals surface area contributed by atoms with Crippen LogP contribution in [0.1, 0.15) is 46.3 Å². The Hall–Kier alpha value is -2.17. The lowest BCUT2D eigenvalue weighted by Gasteiger charge is -2.33. The van der Waals surface area contributed by atoms with Crippen LogP contribution in [0.5, 0.6) is 0 Å². The molecule has 2 aliphatic rings. The van der Waals surface area contributed by atoms with Gasteiger partial charge in [-0.3, -0.25) is 14.7 Å². The van der Waals surface area contributed by atoms with Gasteiger partial charge in [-0.1, -0.05) is 32.4 Å². The second-order valence-electron chi connectivity index (χ2n) is 7.44. The summed E-state index contributed by atoms with van der Waals surface area (Å²) in [6.07, 6.45) is 8.50. The molecular formula is C21H30N3O2+. The number of allylic oxidation sites excluding steroid dienone is 2. The minimum absolute atomic E-state index is 0.0674. The lowest BCUT2D eigenvalue weighted by molar-refractivity contribution is -0.448. The molecule has 0 bridgehead atoms. The summed E-state index contributed by atoms with van der Waals surface area (Å²) in [5.41, 5.74) is 1.23. The Bertz CT molecular complexity index is 718. The summed E-state index contributed by atoms with van der Waals surface area (Å²) in [6, 6.07) is 3.46. The van der Waals surface area contributed by atoms with Gasteiger partial charge in [0, 0.05) is 6.42 Å². The lowest BCUT2D eigenvalue weighted by atomic mass is 9.88. The number of aliphatic imine (C=N–C) groups is 1. The molecule has 1 amide bonds. The topological polar surface area (TPSA) is 59.8 Å². The number of amidine groups is 1. The molecule has 0 aromatic carbocycles. The second-order valence-corrected chi connectivity index (χ2v) is 7.44. The second kappa shape index (κ2) is 8.02. The Kier molecular flexibility index (Phi) is 5.74. The maximum Gasteiger partial charge on any atom is 0.254 e. The number of rotatable bonds is 7. The van der Waals surface area contributed by atoms with Crippen molar-refractivity contribution in [2.45, 2.75) is 59.0 Å². The van der Waals surface area contributed by atoms with Gasteiger partial charge < -0.3 is 4.42 Å². The van der Waals surface area contributed by atoms with E-state index in [0.717, 1.165) is 24.4 Å². The Morgan fingerprint density at radius 3 is 2.92 bits per heavy atom. The largest absolute Gasteiger partial charge is 0.469 e. The third-order valence-corrected chi connectivity index (χ3v) is 5.50. The normalized spacial score (nSPS) is 25.2. The maximum atomic E-state index is 13.2. The van der Waals surface area contributed by atoms with Gasteiger partial charge in [0.1, 0.15) is 17.8 Å². The quantitative estimate of drug-likeness (QED) is 0.760. The van der Waals surface area contributed by atoms with Crippen molar-refractivity contribution >= 4 is 17.5 Å². The number of nitrogens with one attached hydrogen (secondary N) is 1. The number of nitrogens with zero attached hydrogens (tertiary/aromatic N) is 2. The molecule has 3 heterocycles. The van der Waals surface area contributed by atoms with Crippen LogP contribution >= 0.6 is 0 Å². The summed E-state index contributed by atoms with van der Waals surface area (Å²) < 4.78 is 5.43. The third-order valence-electron chi connectivity index (χ3n) is 5.50. The molecule has 0 aliphatic carbocycles. The molecule has 1 aromatic rings. The fraction of sp³-hybridized carbons (Fsp3) is 0.571. The zero-order valence-corrected chi connectivity index (χ0v) is 16.2. The number of carbonyl (C=O) groups excluding carboxylic acids is 1. The van der Waals surface area contributed by atoms with E-state index in [0.29, 0.717) is 18.9 Å². The summed E-state index contributed by atoms with van der Waals surface area (Å²) in [5, 5.41) is 0. The van der Waals surface area contributed by atoms with E-state index >= 15 is 0 Å². The van der Waals surface area contributed by atoms with Crippen LogP contribution in [-0.2, 0) is 11.2 Å². The summed E-state index contributed by atoms with van der Waals surface area (Å²) in [7, 11) is 0. The smallest absolute Gasteiger partial charge is 0.254 e. The zero-order valence-electron chi connectivity index (χ0n) is 16.2. The van der Waals surface area contributed by atoms with E-state index < -0.39 is 0 Å². The van der Waals surface area contributed by atoms with Crippen LogP contribution in [0.3, 0.4) is 0 Å². The van der Waals surface area contributed by atoms with Gasteiger partial charge in [-0.25, -0.2) is 4.99 Å². The molecule has 2 aliphatic heterocycles. The summed E-state index contributed by atoms with van der Waals surface area (Å²) in [5.74, 6) is 2.62. The van der Waals surface area contributed by atoms with Crippen molar-refractivity contribution < 1.29 is 14.2 Å². The molecule has 0 fully saturated rings. The molecule has 0 saturated carbocycles. The van der Waals surface area contributed by atoms with Crippen LogP contribution in [0.25, 0.3) is 0 Å². The number of amides is 1. The molecule has 26 heavy (non-hydrogen) atoms. The van der Waals surface area contributed by atoms with Gasteiger partial charge in [-0.05, 0) is 38.3 Å². The number of hydrogen-bond donors (Lipinski definition) is 1. The molecule has 5 heteroatoms. The Morgan fingerprint density at radius 1 is 1.46 bits per heavy atom. The van der Waals surface area contributed by atoms with Gasteiger partial charge in [0.05, 0.1) is 12.2 Å². The molecule has 0 saturated heterocycles. The SMILES string of the molecule is CC=CC(C)C1=[NH+]CC2=NC(Cc3ccco3)C(=O)N2C1CC(C)CC. The van der Waals surface area contributed by atoms with Crippen molar-refractivity contribution in [3.05, 3.63) is 36.3 Å². The standard InChI is InChI=1S/C21H29N3O2/c1-5-8-15(4)20-18(11-14(3)6-2)24-19(13-22-20)23-17(21(24)25)12-16-9-7-10-26-16/h5,7-10,14-15,17-18H,6,11-13H2,1-4H3/p+1. The highest BCUT2D eigenvalue weighted by Gasteiger charge is 2.46. The van der Waals surface area contributed by atoms with Crippen molar-refractivity contribution in [3.63, 3.8) is 0 Å². The highest BCUT2D eigenvalue weighted by atomic mass is 16.3. The maximum absolute atomic E-state index is 13.2. The fourth-order valence-electron chi connectivity index (χ4n) is 3.88. The predicted molar refractivity (Wildman–Crippen MR) is 103 cm³/mol. The van der Waals surface area contributed by atoms with Crippen molar-refractivity contribution in [3.8, 4) is 0 Å². The molecular weight excluding hydrogens is 326 g/mol. The lowest BCUT2D eigenvalue weighted by Crippen LogP contribution is -2.84. The molecule has 1 N–H and O–H groups in total. The van der Waals surface area contributed by atoms with Crippen LogP contribution in [0.15, 0.2) is 40.0 Å². The first-order valence-electron chi connectivity index (χ1n) is 9.70. The van der Waals surface area contributed by atoms with E-state index in [-0.39, 0.29) is 23.9 Å². The number of hydrogen-bond acceptors (Lipinski definition) is 3.